The number of nitrogens with two attached hydrogens (primary N) is 1. The molecule has 0 amide bonds. The van der Waals surface area contributed by atoms with Gasteiger partial charge >= 0.3 is 0 Å². The molecule has 1 aromatic heterocycles. The Morgan fingerprint density at radius 1 is 0.957 bits per heavy atom. The largest absolute Gasteiger partial charge is 0.486 e. The molecule has 0 saturated carbocycles. The fourth-order valence-electron chi connectivity index (χ4n) is 1.89. The van der Waals surface area contributed by atoms with E-state index in [2.05, 4.69) is 20.3 Å². The monoisotopic (exact) mass is 311 g/mol. The van der Waals surface area contributed by atoms with Crippen LogP contribution >= 0.6 is 0 Å². The number of hydrogen-bond acceptors (Lipinski definition) is 6. The summed E-state index contributed by atoms with van der Waals surface area (Å²) in [4.78, 5) is 12.3. The van der Waals surface area contributed by atoms with Crippen molar-refractivity contribution in [2.75, 3.05) is 11.1 Å². The number of hydrogen-bond donors (Lipinski definition) is 2. The normalized spacial score (nSPS) is 10.3. The molecule has 0 saturated heterocycles. The zero-order valence-electron chi connectivity index (χ0n) is 12.1. The van der Waals surface area contributed by atoms with E-state index >= 15 is 0 Å². The number of nitrogens with one attached hydrogen (secondary N) is 1. The summed E-state index contributed by atoms with van der Waals surface area (Å²) in [6.45, 7) is 0.0990. The van der Waals surface area contributed by atoms with Crippen LogP contribution < -0.4 is 15.8 Å². The van der Waals surface area contributed by atoms with E-state index in [9.17, 15) is 4.39 Å². The number of nitrogen functional groups attached to an aromatic ring is 1. The van der Waals surface area contributed by atoms with Gasteiger partial charge < -0.3 is 15.8 Å². The van der Waals surface area contributed by atoms with Crippen LogP contribution in [0.5, 0.6) is 5.75 Å². The fraction of sp³-hybridized carbons (Fsp3) is 0.0625. The van der Waals surface area contributed by atoms with E-state index in [1.807, 2.05) is 30.3 Å². The first-order chi connectivity index (χ1) is 11.2. The first-order valence-corrected chi connectivity index (χ1v) is 6.90. The molecule has 1 heterocycles. The highest BCUT2D eigenvalue weighted by Gasteiger charge is 2.06. The minimum absolute atomic E-state index is 0.0936. The van der Waals surface area contributed by atoms with Gasteiger partial charge in [0.05, 0.1) is 0 Å². The zero-order valence-corrected chi connectivity index (χ0v) is 12.1. The van der Waals surface area contributed by atoms with Gasteiger partial charge in [-0.3, -0.25) is 0 Å². The summed E-state index contributed by atoms with van der Waals surface area (Å²) in [5, 5.41) is 3.04. The lowest BCUT2D eigenvalue weighted by molar-refractivity contribution is 0.295. The summed E-state index contributed by atoms with van der Waals surface area (Å²) in [5.41, 5.74) is 6.53. The van der Waals surface area contributed by atoms with E-state index in [0.717, 1.165) is 5.69 Å². The SMILES string of the molecule is Nc1nc(COc2ccc(F)cc2)nc(Nc2ccccc2)n1. The van der Waals surface area contributed by atoms with Crippen LogP contribution in [0.4, 0.5) is 22.0 Å². The number of anilines is 3. The second kappa shape index (κ2) is 6.69. The van der Waals surface area contributed by atoms with Gasteiger partial charge in [-0.25, -0.2) is 4.39 Å². The second-order valence-electron chi connectivity index (χ2n) is 4.67. The van der Waals surface area contributed by atoms with E-state index in [1.165, 1.54) is 24.3 Å². The third-order valence-electron chi connectivity index (χ3n) is 2.91. The van der Waals surface area contributed by atoms with Gasteiger partial charge in [-0.1, -0.05) is 18.2 Å². The molecular weight excluding hydrogens is 297 g/mol. The predicted molar refractivity (Wildman–Crippen MR) is 84.7 cm³/mol. The number of rotatable bonds is 5. The Bertz CT molecular complexity index is 780. The Labute approximate surface area is 132 Å². The highest BCUT2D eigenvalue weighted by molar-refractivity contribution is 5.53. The van der Waals surface area contributed by atoms with Gasteiger partial charge in [-0.05, 0) is 36.4 Å². The van der Waals surface area contributed by atoms with Crippen molar-refractivity contribution in [3.63, 3.8) is 0 Å². The Morgan fingerprint density at radius 2 is 1.70 bits per heavy atom. The molecule has 0 spiro atoms. The third kappa shape index (κ3) is 4.13. The van der Waals surface area contributed by atoms with Crippen LogP contribution in [-0.4, -0.2) is 15.0 Å². The molecule has 3 aromatic rings. The molecule has 2 aromatic carbocycles. The van der Waals surface area contributed by atoms with Crippen molar-refractivity contribution in [1.29, 1.82) is 0 Å². The number of benzene rings is 2. The molecule has 0 atom stereocenters. The summed E-state index contributed by atoms with van der Waals surface area (Å²) in [6.07, 6.45) is 0. The van der Waals surface area contributed by atoms with E-state index in [1.54, 1.807) is 0 Å². The Kier molecular flexibility index (Phi) is 4.28. The van der Waals surface area contributed by atoms with Crippen molar-refractivity contribution in [3.05, 3.63) is 66.2 Å². The summed E-state index contributed by atoms with van der Waals surface area (Å²) < 4.78 is 18.4. The van der Waals surface area contributed by atoms with E-state index in [4.69, 9.17) is 10.5 Å². The summed E-state index contributed by atoms with van der Waals surface area (Å²) in [5.74, 6) is 0.997. The van der Waals surface area contributed by atoms with Crippen molar-refractivity contribution in [2.24, 2.45) is 0 Å². The molecule has 0 aliphatic heterocycles. The molecule has 0 aliphatic rings. The number of nitrogens with zero attached hydrogens (tertiary/aromatic N) is 3. The second-order valence-corrected chi connectivity index (χ2v) is 4.67. The van der Waals surface area contributed by atoms with Crippen molar-refractivity contribution in [2.45, 2.75) is 6.61 Å². The summed E-state index contributed by atoms with van der Waals surface area (Å²) in [7, 11) is 0. The Morgan fingerprint density at radius 3 is 2.43 bits per heavy atom. The maximum atomic E-state index is 12.8. The van der Waals surface area contributed by atoms with Crippen molar-refractivity contribution in [3.8, 4) is 5.75 Å². The minimum atomic E-state index is -0.323. The van der Waals surface area contributed by atoms with Crippen LogP contribution in [0.1, 0.15) is 5.82 Å². The molecule has 0 aliphatic carbocycles. The lowest BCUT2D eigenvalue weighted by Gasteiger charge is -2.08. The van der Waals surface area contributed by atoms with Crippen molar-refractivity contribution >= 4 is 17.6 Å². The van der Waals surface area contributed by atoms with Crippen LogP contribution in [0.3, 0.4) is 0 Å². The molecule has 7 heteroatoms. The van der Waals surface area contributed by atoms with Crippen LogP contribution in [0.25, 0.3) is 0 Å². The van der Waals surface area contributed by atoms with E-state index < -0.39 is 0 Å². The first kappa shape index (κ1) is 14.7. The molecule has 0 bridgehead atoms. The fourth-order valence-corrected chi connectivity index (χ4v) is 1.89. The quantitative estimate of drug-likeness (QED) is 0.753. The lowest BCUT2D eigenvalue weighted by atomic mass is 10.3. The molecular formula is C16H14FN5O. The molecule has 0 radical (unpaired) electrons. The maximum Gasteiger partial charge on any atom is 0.232 e. The predicted octanol–water partition coefficient (Wildman–Crippen LogP) is 2.92. The zero-order chi connectivity index (χ0) is 16.1. The average Bonchev–Trinajstić information content (AvgIpc) is 2.55. The van der Waals surface area contributed by atoms with Gasteiger partial charge in [0.2, 0.25) is 11.9 Å². The van der Waals surface area contributed by atoms with Crippen LogP contribution in [0, 0.1) is 5.82 Å². The van der Waals surface area contributed by atoms with Crippen molar-refractivity contribution < 1.29 is 9.13 Å². The lowest BCUT2D eigenvalue weighted by Crippen LogP contribution is -2.09. The highest BCUT2D eigenvalue weighted by Crippen LogP contribution is 2.15. The molecule has 23 heavy (non-hydrogen) atoms. The standard InChI is InChI=1S/C16H14FN5O/c17-11-6-8-13(9-7-11)23-10-14-20-15(18)22-16(21-14)19-12-4-2-1-3-5-12/h1-9H,10H2,(H3,18,19,20,21,22). The number of para-hydroxylation sites is 1. The van der Waals surface area contributed by atoms with Crippen LogP contribution in [-0.2, 0) is 6.61 Å². The van der Waals surface area contributed by atoms with Gasteiger partial charge in [0, 0.05) is 5.69 Å². The summed E-state index contributed by atoms with van der Waals surface area (Å²) >= 11 is 0. The van der Waals surface area contributed by atoms with Crippen LogP contribution in [0.2, 0.25) is 0 Å². The topological polar surface area (TPSA) is 86.0 Å². The smallest absolute Gasteiger partial charge is 0.232 e. The Hall–Kier alpha value is -3.22. The van der Waals surface area contributed by atoms with E-state index in [-0.39, 0.29) is 18.4 Å². The number of ether oxygens (including phenoxy) is 1. The van der Waals surface area contributed by atoms with Crippen molar-refractivity contribution in [1.82, 2.24) is 15.0 Å². The molecule has 3 rings (SSSR count). The average molecular weight is 311 g/mol. The minimum Gasteiger partial charge on any atom is -0.486 e. The van der Waals surface area contributed by atoms with E-state index in [0.29, 0.717) is 17.5 Å². The third-order valence-corrected chi connectivity index (χ3v) is 2.91. The summed E-state index contributed by atoms with van der Waals surface area (Å²) in [6, 6.07) is 15.2. The number of halogens is 1. The van der Waals surface area contributed by atoms with Gasteiger partial charge in [0.15, 0.2) is 5.82 Å². The first-order valence-electron chi connectivity index (χ1n) is 6.90. The van der Waals surface area contributed by atoms with Gasteiger partial charge in [0.25, 0.3) is 0 Å². The molecule has 3 N–H and O–H groups in total. The maximum absolute atomic E-state index is 12.8. The molecule has 116 valence electrons. The van der Waals surface area contributed by atoms with Crippen LogP contribution in [0.15, 0.2) is 54.6 Å². The molecule has 0 fully saturated rings. The number of aromatic nitrogens is 3. The highest BCUT2D eigenvalue weighted by atomic mass is 19.1. The Balaban J connectivity index is 1.71. The van der Waals surface area contributed by atoms with Gasteiger partial charge in [0.1, 0.15) is 18.2 Å². The molecule has 0 unspecified atom stereocenters. The van der Waals surface area contributed by atoms with Gasteiger partial charge in [-0.2, -0.15) is 15.0 Å². The molecule has 6 nitrogen and oxygen atoms in total. The van der Waals surface area contributed by atoms with Gasteiger partial charge in [-0.15, -0.1) is 0 Å².